The van der Waals surface area contributed by atoms with Crippen molar-refractivity contribution in [3.8, 4) is 0 Å². The maximum atomic E-state index is 12.2. The number of nitrogens with zero attached hydrogens (tertiary/aromatic N) is 1. The molecule has 0 saturated heterocycles. The lowest BCUT2D eigenvalue weighted by Gasteiger charge is -2.30. The van der Waals surface area contributed by atoms with E-state index in [1.54, 1.807) is 0 Å². The van der Waals surface area contributed by atoms with Crippen LogP contribution in [-0.2, 0) is 16.4 Å². The molecular formula is C12H16N2O2S2. The molecule has 0 bridgehead atoms. The van der Waals surface area contributed by atoms with Crippen molar-refractivity contribution in [2.24, 2.45) is 5.73 Å². The number of nitrogens with two attached hydrogens (primary N) is 1. The highest BCUT2D eigenvalue weighted by Gasteiger charge is 2.27. The van der Waals surface area contributed by atoms with Crippen LogP contribution in [0.1, 0.15) is 17.5 Å². The highest BCUT2D eigenvalue weighted by Crippen LogP contribution is 2.30. The SMILES string of the molecule is Cc1ccc2c(c1)CCCN2S(=O)(=O)CC(N)=S. The van der Waals surface area contributed by atoms with Crippen LogP contribution in [0.15, 0.2) is 18.2 Å². The van der Waals surface area contributed by atoms with Crippen molar-refractivity contribution in [1.29, 1.82) is 0 Å². The van der Waals surface area contributed by atoms with Crippen LogP contribution < -0.4 is 10.0 Å². The molecule has 6 heteroatoms. The molecular weight excluding hydrogens is 268 g/mol. The first kappa shape index (κ1) is 13.3. The molecule has 0 atom stereocenters. The summed E-state index contributed by atoms with van der Waals surface area (Å²) >= 11 is 4.70. The Labute approximate surface area is 113 Å². The summed E-state index contributed by atoms with van der Waals surface area (Å²) in [4.78, 5) is 0.00855. The van der Waals surface area contributed by atoms with Gasteiger partial charge in [0.2, 0.25) is 10.0 Å². The lowest BCUT2D eigenvalue weighted by Crippen LogP contribution is -2.40. The molecule has 18 heavy (non-hydrogen) atoms. The number of fused-ring (bicyclic) bond motifs is 1. The van der Waals surface area contributed by atoms with Crippen molar-refractivity contribution in [3.63, 3.8) is 0 Å². The predicted octanol–water partition coefficient (Wildman–Crippen LogP) is 1.36. The third-order valence-corrected chi connectivity index (χ3v) is 5.03. The van der Waals surface area contributed by atoms with Gasteiger partial charge in [-0.05, 0) is 31.4 Å². The summed E-state index contributed by atoms with van der Waals surface area (Å²) < 4.78 is 25.8. The maximum absolute atomic E-state index is 12.2. The van der Waals surface area contributed by atoms with Gasteiger partial charge in [-0.3, -0.25) is 4.31 Å². The molecule has 0 amide bonds. The predicted molar refractivity (Wildman–Crippen MR) is 77.4 cm³/mol. The Bertz CT molecular complexity index is 582. The number of benzene rings is 1. The molecule has 0 aromatic heterocycles. The van der Waals surface area contributed by atoms with E-state index in [0.717, 1.165) is 29.7 Å². The largest absolute Gasteiger partial charge is 0.392 e. The first-order chi connectivity index (χ1) is 8.40. The van der Waals surface area contributed by atoms with Crippen LogP contribution in [0, 0.1) is 6.92 Å². The highest BCUT2D eigenvalue weighted by molar-refractivity contribution is 7.95. The van der Waals surface area contributed by atoms with Gasteiger partial charge in [-0.2, -0.15) is 0 Å². The Morgan fingerprint density at radius 2 is 2.22 bits per heavy atom. The number of anilines is 1. The quantitative estimate of drug-likeness (QED) is 0.851. The zero-order valence-electron chi connectivity index (χ0n) is 10.2. The van der Waals surface area contributed by atoms with Gasteiger partial charge in [-0.15, -0.1) is 0 Å². The van der Waals surface area contributed by atoms with E-state index in [4.69, 9.17) is 18.0 Å². The van der Waals surface area contributed by atoms with E-state index in [-0.39, 0.29) is 10.7 Å². The number of hydrogen-bond acceptors (Lipinski definition) is 3. The molecule has 0 spiro atoms. The summed E-state index contributed by atoms with van der Waals surface area (Å²) in [6.07, 6.45) is 1.74. The zero-order chi connectivity index (χ0) is 13.3. The van der Waals surface area contributed by atoms with Crippen LogP contribution in [-0.4, -0.2) is 25.7 Å². The fraction of sp³-hybridized carbons (Fsp3) is 0.417. The Morgan fingerprint density at radius 3 is 2.89 bits per heavy atom. The summed E-state index contributed by atoms with van der Waals surface area (Å²) in [6, 6.07) is 5.83. The van der Waals surface area contributed by atoms with Gasteiger partial charge in [0.15, 0.2) is 0 Å². The van der Waals surface area contributed by atoms with Crippen LogP contribution >= 0.6 is 12.2 Å². The lowest BCUT2D eigenvalue weighted by molar-refractivity contribution is 0.590. The van der Waals surface area contributed by atoms with Crippen molar-refractivity contribution >= 4 is 32.9 Å². The minimum atomic E-state index is -3.44. The Kier molecular flexibility index (Phi) is 3.59. The van der Waals surface area contributed by atoms with Gasteiger partial charge < -0.3 is 5.73 Å². The number of sulfonamides is 1. The summed E-state index contributed by atoms with van der Waals surface area (Å²) in [5.74, 6) is -0.268. The lowest BCUT2D eigenvalue weighted by atomic mass is 10.0. The molecule has 1 aromatic rings. The molecule has 0 radical (unpaired) electrons. The molecule has 0 fully saturated rings. The van der Waals surface area contributed by atoms with E-state index in [0.29, 0.717) is 6.54 Å². The van der Waals surface area contributed by atoms with E-state index in [1.807, 2.05) is 25.1 Å². The van der Waals surface area contributed by atoms with Crippen molar-refractivity contribution in [1.82, 2.24) is 0 Å². The third-order valence-electron chi connectivity index (χ3n) is 2.97. The van der Waals surface area contributed by atoms with Crippen LogP contribution in [0.25, 0.3) is 0 Å². The van der Waals surface area contributed by atoms with Gasteiger partial charge in [0.1, 0.15) is 5.75 Å². The van der Waals surface area contributed by atoms with Gasteiger partial charge in [0.25, 0.3) is 0 Å². The normalized spacial score (nSPS) is 15.3. The highest BCUT2D eigenvalue weighted by atomic mass is 32.2. The fourth-order valence-corrected chi connectivity index (χ4v) is 4.09. The molecule has 98 valence electrons. The molecule has 0 unspecified atom stereocenters. The van der Waals surface area contributed by atoms with Crippen LogP contribution in [0.5, 0.6) is 0 Å². The number of thiocarbonyl (C=S) groups is 1. The van der Waals surface area contributed by atoms with Crippen LogP contribution in [0.3, 0.4) is 0 Å². The molecule has 1 heterocycles. The average molecular weight is 284 g/mol. The van der Waals surface area contributed by atoms with E-state index in [9.17, 15) is 8.42 Å². The average Bonchev–Trinajstić information content (AvgIpc) is 2.26. The minimum Gasteiger partial charge on any atom is -0.392 e. The second kappa shape index (κ2) is 4.85. The van der Waals surface area contributed by atoms with E-state index in [1.165, 1.54) is 4.31 Å². The monoisotopic (exact) mass is 284 g/mol. The van der Waals surface area contributed by atoms with Crippen LogP contribution in [0.4, 0.5) is 5.69 Å². The van der Waals surface area contributed by atoms with Crippen molar-refractivity contribution < 1.29 is 8.42 Å². The van der Waals surface area contributed by atoms with Crippen molar-refractivity contribution in [2.75, 3.05) is 16.6 Å². The third kappa shape index (κ3) is 2.64. The van der Waals surface area contributed by atoms with E-state index >= 15 is 0 Å². The summed E-state index contributed by atoms with van der Waals surface area (Å²) in [5, 5.41) is 0. The second-order valence-electron chi connectivity index (χ2n) is 4.53. The smallest absolute Gasteiger partial charge is 0.241 e. The fourth-order valence-electron chi connectivity index (χ4n) is 2.24. The zero-order valence-corrected chi connectivity index (χ0v) is 11.9. The maximum Gasteiger partial charge on any atom is 0.241 e. The number of rotatable bonds is 3. The van der Waals surface area contributed by atoms with Crippen molar-refractivity contribution in [3.05, 3.63) is 29.3 Å². The summed E-state index contributed by atoms with van der Waals surface area (Å²) in [5.41, 5.74) is 8.34. The van der Waals surface area contributed by atoms with Gasteiger partial charge in [-0.1, -0.05) is 29.9 Å². The second-order valence-corrected chi connectivity index (χ2v) is 6.95. The summed E-state index contributed by atoms with van der Waals surface area (Å²) in [6.45, 7) is 2.50. The van der Waals surface area contributed by atoms with Gasteiger partial charge in [0, 0.05) is 6.54 Å². The van der Waals surface area contributed by atoms with E-state index in [2.05, 4.69) is 0 Å². The Morgan fingerprint density at radius 1 is 1.50 bits per heavy atom. The first-order valence-electron chi connectivity index (χ1n) is 5.78. The molecule has 0 aliphatic carbocycles. The standard InChI is InChI=1S/C12H16N2O2S2/c1-9-4-5-11-10(7-9)3-2-6-14(11)18(15,16)8-12(13)17/h4-5,7H,2-3,6,8H2,1H3,(H2,13,17). The van der Waals surface area contributed by atoms with Gasteiger partial charge >= 0.3 is 0 Å². The topological polar surface area (TPSA) is 63.4 Å². The Balaban J connectivity index is 2.42. The molecule has 1 aliphatic rings. The summed E-state index contributed by atoms with van der Waals surface area (Å²) in [7, 11) is -3.44. The first-order valence-corrected chi connectivity index (χ1v) is 7.80. The minimum absolute atomic E-state index is 0.00855. The van der Waals surface area contributed by atoms with Gasteiger partial charge in [-0.25, -0.2) is 8.42 Å². The molecule has 2 rings (SSSR count). The molecule has 1 aliphatic heterocycles. The van der Waals surface area contributed by atoms with Crippen LogP contribution in [0.2, 0.25) is 0 Å². The molecule has 0 saturated carbocycles. The number of hydrogen-bond donors (Lipinski definition) is 1. The number of aryl methyl sites for hydroxylation is 2. The molecule has 4 nitrogen and oxygen atoms in total. The van der Waals surface area contributed by atoms with E-state index < -0.39 is 10.0 Å². The molecule has 2 N–H and O–H groups in total. The van der Waals surface area contributed by atoms with Gasteiger partial charge in [0.05, 0.1) is 10.7 Å². The van der Waals surface area contributed by atoms with Crippen molar-refractivity contribution in [2.45, 2.75) is 19.8 Å². The Hall–Kier alpha value is -1.14. The molecule has 1 aromatic carbocycles.